The molecule has 1 unspecified atom stereocenters. The molecule has 5 heteroatoms. The first kappa shape index (κ1) is 15.3. The Morgan fingerprint density at radius 3 is 2.83 bits per heavy atom. The van der Waals surface area contributed by atoms with E-state index in [4.69, 9.17) is 9.47 Å². The molecule has 0 aliphatic carbocycles. The number of hydrogen-bond donors (Lipinski definition) is 1. The topological polar surface area (TPSA) is 60.5 Å². The molecule has 0 saturated heterocycles. The fourth-order valence-electron chi connectivity index (χ4n) is 2.45. The summed E-state index contributed by atoms with van der Waals surface area (Å²) in [7, 11) is 0. The van der Waals surface area contributed by atoms with E-state index in [0.717, 1.165) is 35.6 Å². The van der Waals surface area contributed by atoms with Gasteiger partial charge in [0, 0.05) is 25.4 Å². The molecule has 0 spiro atoms. The van der Waals surface area contributed by atoms with E-state index in [1.54, 1.807) is 6.20 Å². The lowest BCUT2D eigenvalue weighted by Gasteiger charge is -2.26. The van der Waals surface area contributed by atoms with E-state index in [1.165, 1.54) is 6.92 Å². The second kappa shape index (κ2) is 7.13. The number of carbonyl (C=O) groups is 1. The van der Waals surface area contributed by atoms with Crippen LogP contribution in [0.2, 0.25) is 0 Å². The van der Waals surface area contributed by atoms with Crippen LogP contribution in [0.25, 0.3) is 0 Å². The highest BCUT2D eigenvalue weighted by atomic mass is 16.6. The minimum atomic E-state index is -0.0381. The maximum Gasteiger partial charge on any atom is 0.217 e. The minimum Gasteiger partial charge on any atom is -0.486 e. The Morgan fingerprint density at radius 1 is 1.26 bits per heavy atom. The number of benzene rings is 1. The third-order valence-corrected chi connectivity index (χ3v) is 3.72. The van der Waals surface area contributed by atoms with Crippen molar-refractivity contribution in [2.24, 2.45) is 0 Å². The van der Waals surface area contributed by atoms with Gasteiger partial charge in [-0.2, -0.15) is 0 Å². The van der Waals surface area contributed by atoms with Crippen molar-refractivity contribution in [2.75, 3.05) is 6.61 Å². The van der Waals surface area contributed by atoms with Crippen LogP contribution < -0.4 is 14.8 Å². The molecule has 1 aliphatic heterocycles. The summed E-state index contributed by atoms with van der Waals surface area (Å²) in [6.45, 7) is 2.59. The van der Waals surface area contributed by atoms with Crippen molar-refractivity contribution in [1.82, 2.24) is 10.3 Å². The van der Waals surface area contributed by atoms with Crippen LogP contribution in [0, 0.1) is 0 Å². The Kier molecular flexibility index (Phi) is 4.76. The number of amides is 1. The molecule has 0 fully saturated rings. The lowest BCUT2D eigenvalue weighted by Crippen LogP contribution is -2.29. The molecule has 1 aliphatic rings. The number of aromatic nitrogens is 1. The molecule has 1 amide bonds. The molecule has 1 N–H and O–H groups in total. The molecule has 2 heterocycles. The van der Waals surface area contributed by atoms with Gasteiger partial charge >= 0.3 is 0 Å². The van der Waals surface area contributed by atoms with E-state index in [1.807, 2.05) is 36.4 Å². The van der Waals surface area contributed by atoms with Crippen molar-refractivity contribution < 1.29 is 14.3 Å². The Labute approximate surface area is 135 Å². The first-order valence-electron chi connectivity index (χ1n) is 7.77. The number of para-hydroxylation sites is 2. The molecule has 3 rings (SSSR count). The Morgan fingerprint density at radius 2 is 2.09 bits per heavy atom. The second-order valence-corrected chi connectivity index (χ2v) is 5.60. The number of nitrogens with one attached hydrogen (secondary N) is 1. The molecule has 1 aromatic carbocycles. The molecule has 0 bridgehead atoms. The van der Waals surface area contributed by atoms with Crippen LogP contribution in [0.1, 0.15) is 24.6 Å². The molecule has 1 aromatic heterocycles. The Hall–Kier alpha value is -2.56. The summed E-state index contributed by atoms with van der Waals surface area (Å²) in [5.74, 6) is 1.58. The zero-order valence-electron chi connectivity index (χ0n) is 13.1. The van der Waals surface area contributed by atoms with Gasteiger partial charge in [-0.15, -0.1) is 0 Å². The molecule has 1 atom stereocenters. The average molecular weight is 312 g/mol. The molecule has 2 aromatic rings. The smallest absolute Gasteiger partial charge is 0.217 e. The number of fused-ring (bicyclic) bond motifs is 1. The quantitative estimate of drug-likeness (QED) is 0.921. The Balaban J connectivity index is 1.50. The standard InChI is InChI=1S/C18H20N2O3/c1-13(21)19-10-14-6-7-15(20-11-14)8-9-16-12-22-17-4-2-3-5-18(17)23-16/h2-7,11,16H,8-10,12H2,1H3,(H,19,21). The van der Waals surface area contributed by atoms with E-state index in [9.17, 15) is 4.79 Å². The average Bonchev–Trinajstić information content (AvgIpc) is 2.59. The summed E-state index contributed by atoms with van der Waals surface area (Å²) < 4.78 is 11.7. The zero-order valence-corrected chi connectivity index (χ0v) is 13.1. The third kappa shape index (κ3) is 4.22. The number of hydrogen-bond acceptors (Lipinski definition) is 4. The van der Waals surface area contributed by atoms with Crippen molar-refractivity contribution in [3.63, 3.8) is 0 Å². The van der Waals surface area contributed by atoms with Gasteiger partial charge in [-0.25, -0.2) is 0 Å². The maximum absolute atomic E-state index is 10.9. The SMILES string of the molecule is CC(=O)NCc1ccc(CCC2COc3ccccc3O2)nc1. The van der Waals surface area contributed by atoms with Gasteiger partial charge in [-0.1, -0.05) is 18.2 Å². The number of pyridine rings is 1. The van der Waals surface area contributed by atoms with E-state index in [0.29, 0.717) is 13.2 Å². The number of nitrogens with zero attached hydrogens (tertiary/aromatic N) is 1. The van der Waals surface area contributed by atoms with E-state index >= 15 is 0 Å². The van der Waals surface area contributed by atoms with Crippen LogP contribution in [-0.4, -0.2) is 23.6 Å². The lowest BCUT2D eigenvalue weighted by atomic mass is 10.1. The molecule has 0 radical (unpaired) electrons. The summed E-state index contributed by atoms with van der Waals surface area (Å²) in [6, 6.07) is 11.7. The highest BCUT2D eigenvalue weighted by Gasteiger charge is 2.20. The summed E-state index contributed by atoms with van der Waals surface area (Å²) in [4.78, 5) is 15.3. The fourth-order valence-corrected chi connectivity index (χ4v) is 2.45. The van der Waals surface area contributed by atoms with Crippen LogP contribution in [-0.2, 0) is 17.8 Å². The van der Waals surface area contributed by atoms with Crippen molar-refractivity contribution in [1.29, 1.82) is 0 Å². The van der Waals surface area contributed by atoms with Crippen LogP contribution in [0.15, 0.2) is 42.6 Å². The summed E-state index contributed by atoms with van der Waals surface area (Å²) in [6.07, 6.45) is 3.53. The lowest BCUT2D eigenvalue weighted by molar-refractivity contribution is -0.119. The minimum absolute atomic E-state index is 0.0381. The second-order valence-electron chi connectivity index (χ2n) is 5.60. The van der Waals surface area contributed by atoms with Crippen molar-refractivity contribution in [2.45, 2.75) is 32.4 Å². The molecule has 23 heavy (non-hydrogen) atoms. The highest BCUT2D eigenvalue weighted by Crippen LogP contribution is 2.31. The first-order chi connectivity index (χ1) is 11.2. The molecule has 0 saturated carbocycles. The van der Waals surface area contributed by atoms with Gasteiger partial charge in [0.1, 0.15) is 12.7 Å². The normalized spacial score (nSPS) is 16.0. The van der Waals surface area contributed by atoms with Gasteiger partial charge in [0.25, 0.3) is 0 Å². The van der Waals surface area contributed by atoms with Gasteiger partial charge in [-0.3, -0.25) is 9.78 Å². The van der Waals surface area contributed by atoms with Gasteiger partial charge < -0.3 is 14.8 Å². The van der Waals surface area contributed by atoms with E-state index in [-0.39, 0.29) is 12.0 Å². The van der Waals surface area contributed by atoms with Gasteiger partial charge in [0.05, 0.1) is 0 Å². The summed E-state index contributed by atoms with van der Waals surface area (Å²) >= 11 is 0. The number of aryl methyl sites for hydroxylation is 1. The molecular formula is C18H20N2O3. The number of carbonyl (C=O) groups excluding carboxylic acids is 1. The molecule has 5 nitrogen and oxygen atoms in total. The molecular weight excluding hydrogens is 292 g/mol. The zero-order chi connectivity index (χ0) is 16.1. The van der Waals surface area contributed by atoms with Crippen LogP contribution in [0.3, 0.4) is 0 Å². The molecule has 120 valence electrons. The summed E-state index contributed by atoms with van der Waals surface area (Å²) in [5, 5.41) is 2.76. The van der Waals surface area contributed by atoms with Gasteiger partial charge in [0.15, 0.2) is 11.5 Å². The van der Waals surface area contributed by atoms with E-state index < -0.39 is 0 Å². The first-order valence-corrected chi connectivity index (χ1v) is 7.77. The third-order valence-electron chi connectivity index (χ3n) is 3.72. The van der Waals surface area contributed by atoms with Crippen molar-refractivity contribution in [3.8, 4) is 11.5 Å². The number of rotatable bonds is 5. The van der Waals surface area contributed by atoms with Crippen LogP contribution in [0.5, 0.6) is 11.5 Å². The van der Waals surface area contributed by atoms with Crippen LogP contribution in [0.4, 0.5) is 0 Å². The monoisotopic (exact) mass is 312 g/mol. The van der Waals surface area contributed by atoms with Gasteiger partial charge in [0.2, 0.25) is 5.91 Å². The Bertz CT molecular complexity index is 670. The van der Waals surface area contributed by atoms with Gasteiger partial charge in [-0.05, 0) is 36.6 Å². The predicted octanol–water partition coefficient (Wildman–Crippen LogP) is 2.49. The largest absolute Gasteiger partial charge is 0.486 e. The fraction of sp³-hybridized carbons (Fsp3) is 0.333. The highest BCUT2D eigenvalue weighted by molar-refractivity contribution is 5.72. The summed E-state index contributed by atoms with van der Waals surface area (Å²) in [5.41, 5.74) is 2.01. The predicted molar refractivity (Wildman–Crippen MR) is 86.4 cm³/mol. The maximum atomic E-state index is 10.9. The van der Waals surface area contributed by atoms with Crippen molar-refractivity contribution >= 4 is 5.91 Å². The van der Waals surface area contributed by atoms with Crippen molar-refractivity contribution in [3.05, 3.63) is 53.9 Å². The van der Waals surface area contributed by atoms with Crippen LogP contribution >= 0.6 is 0 Å². The number of ether oxygens (including phenoxy) is 2. The van der Waals surface area contributed by atoms with E-state index in [2.05, 4.69) is 10.3 Å².